The number of aromatic nitrogens is 1. The van der Waals surface area contributed by atoms with Crippen LogP contribution in [0.4, 0.5) is 5.69 Å². The molecular formula is C13H21N3O2S. The van der Waals surface area contributed by atoms with Crippen LogP contribution in [0.5, 0.6) is 0 Å². The summed E-state index contributed by atoms with van der Waals surface area (Å²) < 4.78 is 26.9. The molecule has 0 saturated heterocycles. The summed E-state index contributed by atoms with van der Waals surface area (Å²) in [6, 6.07) is 1.50. The molecule has 0 aromatic carbocycles. The van der Waals surface area contributed by atoms with Crippen LogP contribution in [0.3, 0.4) is 0 Å². The van der Waals surface area contributed by atoms with E-state index in [2.05, 4.69) is 16.6 Å². The Kier molecular flexibility index (Phi) is 4.42. The fourth-order valence-corrected chi connectivity index (χ4v) is 3.64. The van der Waals surface area contributed by atoms with Crippen molar-refractivity contribution < 1.29 is 8.42 Å². The Labute approximate surface area is 114 Å². The van der Waals surface area contributed by atoms with Gasteiger partial charge >= 0.3 is 0 Å². The molecule has 0 aliphatic heterocycles. The average Bonchev–Trinajstić information content (AvgIpc) is 2.38. The number of nitrogens with zero attached hydrogens (tertiary/aromatic N) is 1. The highest BCUT2D eigenvalue weighted by molar-refractivity contribution is 7.89. The van der Waals surface area contributed by atoms with Crippen molar-refractivity contribution in [1.29, 1.82) is 0 Å². The Hall–Kier alpha value is -1.14. The smallest absolute Gasteiger partial charge is 0.244 e. The van der Waals surface area contributed by atoms with Crippen LogP contribution in [-0.4, -0.2) is 19.9 Å². The first-order valence-corrected chi connectivity index (χ1v) is 8.16. The van der Waals surface area contributed by atoms with Gasteiger partial charge in [-0.25, -0.2) is 13.1 Å². The fourth-order valence-electron chi connectivity index (χ4n) is 2.45. The molecule has 1 saturated carbocycles. The molecule has 1 aromatic heterocycles. The van der Waals surface area contributed by atoms with Crippen LogP contribution in [-0.2, 0) is 10.0 Å². The van der Waals surface area contributed by atoms with Crippen molar-refractivity contribution in [2.75, 3.05) is 12.3 Å². The molecule has 1 aromatic rings. The number of anilines is 1. The molecule has 19 heavy (non-hydrogen) atoms. The predicted octanol–water partition coefficient (Wildman–Crippen LogP) is 1.77. The van der Waals surface area contributed by atoms with Gasteiger partial charge in [-0.3, -0.25) is 4.98 Å². The molecule has 0 spiro atoms. The van der Waals surface area contributed by atoms with Gasteiger partial charge in [0.1, 0.15) is 4.90 Å². The van der Waals surface area contributed by atoms with Crippen LogP contribution in [0.25, 0.3) is 0 Å². The minimum absolute atomic E-state index is 0.0687. The minimum atomic E-state index is -3.54. The largest absolute Gasteiger partial charge is 0.398 e. The molecule has 0 bridgehead atoms. The molecule has 0 amide bonds. The Morgan fingerprint density at radius 2 is 2.05 bits per heavy atom. The van der Waals surface area contributed by atoms with Crippen LogP contribution in [0.15, 0.2) is 23.4 Å². The van der Waals surface area contributed by atoms with E-state index < -0.39 is 10.0 Å². The number of sulfonamides is 1. The third-order valence-corrected chi connectivity index (χ3v) is 5.27. The second-order valence-corrected chi connectivity index (χ2v) is 7.13. The van der Waals surface area contributed by atoms with Gasteiger partial charge < -0.3 is 5.73 Å². The molecule has 1 heterocycles. The molecule has 0 unspecified atom stereocenters. The third-order valence-electron chi connectivity index (χ3n) is 3.80. The maximum Gasteiger partial charge on any atom is 0.244 e. The zero-order valence-corrected chi connectivity index (χ0v) is 12.0. The van der Waals surface area contributed by atoms with Gasteiger partial charge in [0, 0.05) is 18.9 Å². The summed E-state index contributed by atoms with van der Waals surface area (Å²) in [6.45, 7) is 2.74. The summed E-state index contributed by atoms with van der Waals surface area (Å²) in [6.07, 6.45) is 7.32. The quantitative estimate of drug-likeness (QED) is 0.882. The molecular weight excluding hydrogens is 262 g/mol. The average molecular weight is 283 g/mol. The maximum atomic E-state index is 12.1. The topological polar surface area (TPSA) is 85.1 Å². The van der Waals surface area contributed by atoms with E-state index in [1.165, 1.54) is 31.3 Å². The lowest BCUT2D eigenvalue weighted by Gasteiger charge is -2.26. The van der Waals surface area contributed by atoms with Crippen molar-refractivity contribution >= 4 is 15.7 Å². The number of hydrogen-bond acceptors (Lipinski definition) is 4. The Morgan fingerprint density at radius 3 is 2.68 bits per heavy atom. The number of hydrogen-bond donors (Lipinski definition) is 2. The molecule has 1 fully saturated rings. The predicted molar refractivity (Wildman–Crippen MR) is 75.0 cm³/mol. The normalized spacial score (nSPS) is 24.3. The second-order valence-electron chi connectivity index (χ2n) is 5.39. The number of pyridine rings is 1. The van der Waals surface area contributed by atoms with E-state index in [0.29, 0.717) is 12.5 Å². The Morgan fingerprint density at radius 1 is 1.37 bits per heavy atom. The Balaban J connectivity index is 1.97. The first kappa shape index (κ1) is 14.3. The minimum Gasteiger partial charge on any atom is -0.398 e. The molecule has 106 valence electrons. The zero-order valence-electron chi connectivity index (χ0n) is 11.2. The van der Waals surface area contributed by atoms with Gasteiger partial charge in [-0.2, -0.15) is 0 Å². The van der Waals surface area contributed by atoms with Gasteiger partial charge in [-0.1, -0.05) is 19.8 Å². The molecule has 6 heteroatoms. The first-order valence-electron chi connectivity index (χ1n) is 6.68. The van der Waals surface area contributed by atoms with E-state index in [9.17, 15) is 8.42 Å². The fraction of sp³-hybridized carbons (Fsp3) is 0.615. The van der Waals surface area contributed by atoms with E-state index >= 15 is 0 Å². The molecule has 1 aliphatic rings. The highest BCUT2D eigenvalue weighted by Crippen LogP contribution is 2.28. The number of nitrogen functional groups attached to an aromatic ring is 1. The van der Waals surface area contributed by atoms with Gasteiger partial charge in [-0.15, -0.1) is 0 Å². The molecule has 3 N–H and O–H groups in total. The molecule has 0 radical (unpaired) electrons. The molecule has 1 aliphatic carbocycles. The lowest BCUT2D eigenvalue weighted by atomic mass is 9.83. The van der Waals surface area contributed by atoms with Crippen LogP contribution >= 0.6 is 0 Å². The van der Waals surface area contributed by atoms with Crippen LogP contribution < -0.4 is 10.5 Å². The number of rotatable bonds is 4. The van der Waals surface area contributed by atoms with E-state index in [1.54, 1.807) is 0 Å². The summed E-state index contributed by atoms with van der Waals surface area (Å²) in [5.41, 5.74) is 5.91. The summed E-state index contributed by atoms with van der Waals surface area (Å²) in [7, 11) is -3.54. The van der Waals surface area contributed by atoms with Gasteiger partial charge in [-0.05, 0) is 30.7 Å². The van der Waals surface area contributed by atoms with Crippen molar-refractivity contribution in [2.45, 2.75) is 37.5 Å². The SMILES string of the molecule is CC1CCC(CNS(=O)(=O)c2cnccc2N)CC1. The van der Waals surface area contributed by atoms with E-state index in [1.807, 2.05) is 0 Å². The van der Waals surface area contributed by atoms with Gasteiger partial charge in [0.05, 0.1) is 5.69 Å². The lowest BCUT2D eigenvalue weighted by molar-refractivity contribution is 0.290. The van der Waals surface area contributed by atoms with Crippen molar-refractivity contribution in [3.63, 3.8) is 0 Å². The van der Waals surface area contributed by atoms with Crippen molar-refractivity contribution in [3.05, 3.63) is 18.5 Å². The zero-order chi connectivity index (χ0) is 13.9. The number of nitrogens with two attached hydrogens (primary N) is 1. The third kappa shape index (κ3) is 3.67. The monoisotopic (exact) mass is 283 g/mol. The highest BCUT2D eigenvalue weighted by atomic mass is 32.2. The number of nitrogens with one attached hydrogen (secondary N) is 1. The molecule has 0 atom stereocenters. The summed E-state index contributed by atoms with van der Waals surface area (Å²) >= 11 is 0. The van der Waals surface area contributed by atoms with Gasteiger partial charge in [0.2, 0.25) is 10.0 Å². The van der Waals surface area contributed by atoms with Gasteiger partial charge in [0.25, 0.3) is 0 Å². The first-order chi connectivity index (χ1) is 8.99. The molecule has 2 rings (SSSR count). The second kappa shape index (κ2) is 5.88. The van der Waals surface area contributed by atoms with Crippen LogP contribution in [0.1, 0.15) is 32.6 Å². The van der Waals surface area contributed by atoms with Crippen molar-refractivity contribution in [3.8, 4) is 0 Å². The standard InChI is InChI=1S/C13H21N3O2S/c1-10-2-4-11(5-3-10)8-16-19(17,18)13-9-15-7-6-12(13)14/h6-7,9-11,16H,2-5,8H2,1H3,(H2,14,15). The highest BCUT2D eigenvalue weighted by Gasteiger charge is 2.22. The lowest BCUT2D eigenvalue weighted by Crippen LogP contribution is -2.31. The van der Waals surface area contributed by atoms with E-state index in [4.69, 9.17) is 5.73 Å². The summed E-state index contributed by atoms with van der Waals surface area (Å²) in [5, 5.41) is 0. The summed E-state index contributed by atoms with van der Waals surface area (Å²) in [4.78, 5) is 3.89. The van der Waals surface area contributed by atoms with Gasteiger partial charge in [0.15, 0.2) is 0 Å². The van der Waals surface area contributed by atoms with E-state index in [0.717, 1.165) is 18.8 Å². The van der Waals surface area contributed by atoms with Crippen LogP contribution in [0, 0.1) is 11.8 Å². The maximum absolute atomic E-state index is 12.1. The Bertz CT molecular complexity index is 522. The van der Waals surface area contributed by atoms with Crippen LogP contribution in [0.2, 0.25) is 0 Å². The molecule has 5 nitrogen and oxygen atoms in total. The summed E-state index contributed by atoms with van der Waals surface area (Å²) in [5.74, 6) is 1.20. The van der Waals surface area contributed by atoms with Crippen molar-refractivity contribution in [1.82, 2.24) is 9.71 Å². The van der Waals surface area contributed by atoms with E-state index in [-0.39, 0.29) is 10.6 Å². The van der Waals surface area contributed by atoms with Crippen molar-refractivity contribution in [2.24, 2.45) is 11.8 Å².